The number of H-pyrrole nitrogens is 1. The van der Waals surface area contributed by atoms with Crippen LogP contribution < -0.4 is 5.73 Å². The molecule has 1 aromatic carbocycles. The minimum Gasteiger partial charge on any atom is -0.369 e. The lowest BCUT2D eigenvalue weighted by Gasteiger charge is -2.15. The van der Waals surface area contributed by atoms with Gasteiger partial charge in [0.2, 0.25) is 0 Å². The maximum Gasteiger partial charge on any atom is 0.198 e. The van der Waals surface area contributed by atoms with Gasteiger partial charge in [-0.25, -0.2) is 4.98 Å². The molecule has 1 aliphatic rings. The molecule has 0 bridgehead atoms. The van der Waals surface area contributed by atoms with Crippen LogP contribution >= 0.6 is 27.7 Å². The molecule has 5 heteroatoms. The number of hydrogen-bond donors (Lipinski definition) is 2. The van der Waals surface area contributed by atoms with Crippen LogP contribution in [-0.2, 0) is 6.42 Å². The Bertz CT molecular complexity index is 565. The van der Waals surface area contributed by atoms with Crippen LogP contribution in [0.4, 0.5) is 5.95 Å². The average molecular weight is 310 g/mol. The van der Waals surface area contributed by atoms with E-state index in [4.69, 9.17) is 5.73 Å². The number of fused-ring (bicyclic) bond motifs is 1. The lowest BCUT2D eigenvalue weighted by atomic mass is 10.0. The van der Waals surface area contributed by atoms with Crippen LogP contribution in [-0.4, -0.2) is 15.7 Å². The van der Waals surface area contributed by atoms with Crippen LogP contribution in [0, 0.1) is 0 Å². The maximum atomic E-state index is 5.65. The fraction of sp³-hybridized carbons (Fsp3) is 0.250. The zero-order chi connectivity index (χ0) is 11.8. The van der Waals surface area contributed by atoms with Gasteiger partial charge in [0.25, 0.3) is 0 Å². The summed E-state index contributed by atoms with van der Waals surface area (Å²) < 4.78 is 0.846. The van der Waals surface area contributed by atoms with Gasteiger partial charge in [-0.1, -0.05) is 6.07 Å². The number of aromatic nitrogens is 2. The highest BCUT2D eigenvalue weighted by Gasteiger charge is 2.13. The van der Waals surface area contributed by atoms with Crippen molar-refractivity contribution in [3.63, 3.8) is 0 Å². The summed E-state index contributed by atoms with van der Waals surface area (Å²) in [5.74, 6) is 1.67. The van der Waals surface area contributed by atoms with E-state index in [1.807, 2.05) is 11.8 Å². The molecule has 2 heterocycles. The van der Waals surface area contributed by atoms with Gasteiger partial charge in [-0.2, -0.15) is 0 Å². The first kappa shape index (κ1) is 11.2. The van der Waals surface area contributed by atoms with Crippen molar-refractivity contribution in [2.24, 2.45) is 0 Å². The van der Waals surface area contributed by atoms with E-state index in [1.165, 1.54) is 22.6 Å². The van der Waals surface area contributed by atoms with Crippen molar-refractivity contribution >= 4 is 33.6 Å². The summed E-state index contributed by atoms with van der Waals surface area (Å²) in [7, 11) is 0. The quantitative estimate of drug-likeness (QED) is 0.848. The molecule has 0 atom stereocenters. The van der Waals surface area contributed by atoms with Crippen LogP contribution in [0.15, 0.2) is 27.7 Å². The molecule has 3 N–H and O–H groups in total. The monoisotopic (exact) mass is 309 g/mol. The Labute approximate surface area is 112 Å². The average Bonchev–Trinajstić information content (AvgIpc) is 2.68. The number of rotatable bonds is 1. The van der Waals surface area contributed by atoms with Crippen molar-refractivity contribution in [2.75, 3.05) is 11.5 Å². The van der Waals surface area contributed by atoms with Gasteiger partial charge in [0.15, 0.2) is 5.95 Å². The molecule has 0 spiro atoms. The van der Waals surface area contributed by atoms with Crippen molar-refractivity contribution in [2.45, 2.75) is 17.7 Å². The Kier molecular flexibility index (Phi) is 2.88. The predicted octanol–water partition coefficient (Wildman–Crippen LogP) is 3.46. The van der Waals surface area contributed by atoms with E-state index in [0.29, 0.717) is 5.95 Å². The molecule has 0 fully saturated rings. The van der Waals surface area contributed by atoms with Gasteiger partial charge in [-0.3, -0.25) is 0 Å². The fourth-order valence-corrected chi connectivity index (χ4v) is 3.61. The standard InChI is InChI=1S/C12H12BrN3S/c13-11-10(15-12(14)16-11)8-3-4-9-7(6-8)2-1-5-17-9/h3-4,6H,1-2,5H2,(H3,14,15,16). The van der Waals surface area contributed by atoms with Crippen molar-refractivity contribution in [3.05, 3.63) is 28.4 Å². The van der Waals surface area contributed by atoms with Crippen molar-refractivity contribution in [1.82, 2.24) is 9.97 Å². The van der Waals surface area contributed by atoms with Gasteiger partial charge in [-0.15, -0.1) is 11.8 Å². The van der Waals surface area contributed by atoms with Gasteiger partial charge in [0.05, 0.1) is 0 Å². The largest absolute Gasteiger partial charge is 0.369 e. The molecule has 88 valence electrons. The second-order valence-electron chi connectivity index (χ2n) is 4.06. The zero-order valence-corrected chi connectivity index (χ0v) is 11.6. The van der Waals surface area contributed by atoms with Crippen molar-refractivity contribution < 1.29 is 0 Å². The lowest BCUT2D eigenvalue weighted by molar-refractivity contribution is 0.890. The van der Waals surface area contributed by atoms with E-state index in [2.05, 4.69) is 44.1 Å². The van der Waals surface area contributed by atoms with Gasteiger partial charge in [-0.05, 0) is 52.2 Å². The molecule has 0 radical (unpaired) electrons. The van der Waals surface area contributed by atoms with E-state index >= 15 is 0 Å². The third-order valence-corrected chi connectivity index (χ3v) is 4.64. The minimum atomic E-state index is 0.443. The summed E-state index contributed by atoms with van der Waals surface area (Å²) in [5, 5.41) is 0. The molecule has 0 saturated carbocycles. The molecule has 0 saturated heterocycles. The number of nitrogen functional groups attached to an aromatic ring is 1. The molecule has 3 rings (SSSR count). The van der Waals surface area contributed by atoms with E-state index in [9.17, 15) is 0 Å². The first-order valence-corrected chi connectivity index (χ1v) is 7.29. The molecule has 0 unspecified atom stereocenters. The molecule has 0 amide bonds. The topological polar surface area (TPSA) is 54.7 Å². The van der Waals surface area contributed by atoms with Crippen molar-refractivity contribution in [1.29, 1.82) is 0 Å². The Morgan fingerprint density at radius 1 is 1.41 bits per heavy atom. The number of aryl methyl sites for hydroxylation is 1. The smallest absolute Gasteiger partial charge is 0.198 e. The second-order valence-corrected chi connectivity index (χ2v) is 5.99. The summed E-state index contributed by atoms with van der Waals surface area (Å²) in [4.78, 5) is 8.66. The third kappa shape index (κ3) is 2.09. The SMILES string of the molecule is Nc1nc(-c2ccc3c(c2)CCCS3)c(Br)[nH]1. The van der Waals surface area contributed by atoms with Gasteiger partial charge >= 0.3 is 0 Å². The first-order valence-electron chi connectivity index (χ1n) is 5.51. The molecule has 0 aliphatic carbocycles. The number of halogens is 1. The molecule has 3 nitrogen and oxygen atoms in total. The highest BCUT2D eigenvalue weighted by molar-refractivity contribution is 9.10. The normalized spacial score (nSPS) is 14.6. The lowest BCUT2D eigenvalue weighted by Crippen LogP contribution is -1.98. The van der Waals surface area contributed by atoms with Crippen molar-refractivity contribution in [3.8, 4) is 11.3 Å². The van der Waals surface area contributed by atoms with Crippen LogP contribution in [0.2, 0.25) is 0 Å². The van der Waals surface area contributed by atoms with Gasteiger partial charge in [0, 0.05) is 10.5 Å². The molecular weight excluding hydrogens is 298 g/mol. The van der Waals surface area contributed by atoms with Crippen LogP contribution in [0.25, 0.3) is 11.3 Å². The predicted molar refractivity (Wildman–Crippen MR) is 75.2 cm³/mol. The summed E-state index contributed by atoms with van der Waals surface area (Å²) in [5.41, 5.74) is 9.08. The number of thioether (sulfide) groups is 1. The summed E-state index contributed by atoms with van der Waals surface area (Å²) in [6.45, 7) is 0. The number of nitrogens with one attached hydrogen (secondary N) is 1. The maximum absolute atomic E-state index is 5.65. The van der Waals surface area contributed by atoms with Gasteiger partial charge in [0.1, 0.15) is 10.3 Å². The number of hydrogen-bond acceptors (Lipinski definition) is 3. The number of imidazole rings is 1. The fourth-order valence-electron chi connectivity index (χ4n) is 2.07. The van der Waals surface area contributed by atoms with E-state index in [1.54, 1.807) is 0 Å². The number of benzene rings is 1. The van der Waals surface area contributed by atoms with E-state index < -0.39 is 0 Å². The highest BCUT2D eigenvalue weighted by atomic mass is 79.9. The summed E-state index contributed by atoms with van der Waals surface area (Å²) >= 11 is 5.38. The number of nitrogens with zero attached hydrogens (tertiary/aromatic N) is 1. The second kappa shape index (κ2) is 4.38. The first-order chi connectivity index (χ1) is 8.24. The number of anilines is 1. The molecule has 17 heavy (non-hydrogen) atoms. The summed E-state index contributed by atoms with van der Waals surface area (Å²) in [6.07, 6.45) is 2.42. The number of aromatic amines is 1. The van der Waals surface area contributed by atoms with Gasteiger partial charge < -0.3 is 10.7 Å². The van der Waals surface area contributed by atoms with Crippen LogP contribution in [0.5, 0.6) is 0 Å². The highest BCUT2D eigenvalue weighted by Crippen LogP contribution is 2.34. The molecule has 2 aromatic rings. The zero-order valence-electron chi connectivity index (χ0n) is 9.16. The molecular formula is C12H12BrN3S. The Balaban J connectivity index is 2.06. The Morgan fingerprint density at radius 3 is 3.06 bits per heavy atom. The number of nitrogens with two attached hydrogens (primary N) is 1. The Hall–Kier alpha value is -0.940. The van der Waals surface area contributed by atoms with Crippen LogP contribution in [0.3, 0.4) is 0 Å². The Morgan fingerprint density at radius 2 is 2.29 bits per heavy atom. The minimum absolute atomic E-state index is 0.443. The molecule has 1 aliphatic heterocycles. The van der Waals surface area contributed by atoms with E-state index in [0.717, 1.165) is 22.3 Å². The summed E-state index contributed by atoms with van der Waals surface area (Å²) in [6, 6.07) is 6.52. The molecule has 1 aromatic heterocycles. The van der Waals surface area contributed by atoms with E-state index in [-0.39, 0.29) is 0 Å². The van der Waals surface area contributed by atoms with Crippen LogP contribution in [0.1, 0.15) is 12.0 Å². The third-order valence-electron chi connectivity index (χ3n) is 2.86.